The van der Waals surface area contributed by atoms with Gasteiger partial charge in [-0.05, 0) is 50.4 Å². The molecule has 0 spiro atoms. The Balaban J connectivity index is 1.85. The van der Waals surface area contributed by atoms with Crippen molar-refractivity contribution < 1.29 is 27.4 Å². The molecule has 0 aromatic heterocycles. The molecular weight excluding hydrogens is 373 g/mol. The van der Waals surface area contributed by atoms with Crippen LogP contribution in [-0.4, -0.2) is 44.2 Å². The van der Waals surface area contributed by atoms with Crippen molar-refractivity contribution in [1.82, 2.24) is 4.90 Å². The number of nitrogens with one attached hydrogen (secondary N) is 1. The molecule has 8 heteroatoms. The molecule has 152 valence electrons. The summed E-state index contributed by atoms with van der Waals surface area (Å²) in [6, 6.07) is 11.1. The van der Waals surface area contributed by atoms with Gasteiger partial charge in [0.15, 0.2) is 11.5 Å². The number of hydrogen-bond acceptors (Lipinski definition) is 4. The average molecular weight is 396 g/mol. The second-order valence-corrected chi connectivity index (χ2v) is 6.22. The molecule has 2 rings (SSSR count). The van der Waals surface area contributed by atoms with Crippen LogP contribution in [0.15, 0.2) is 48.5 Å². The van der Waals surface area contributed by atoms with E-state index in [9.17, 15) is 18.0 Å². The normalized spacial score (nSPS) is 12.5. The molecule has 28 heavy (non-hydrogen) atoms. The van der Waals surface area contributed by atoms with Crippen molar-refractivity contribution >= 4 is 11.6 Å². The lowest BCUT2D eigenvalue weighted by Crippen LogP contribution is -2.41. The summed E-state index contributed by atoms with van der Waals surface area (Å²) in [6.07, 6.45) is -4.41. The largest absolute Gasteiger partial charge is 0.493 e. The predicted molar refractivity (Wildman–Crippen MR) is 101 cm³/mol. The number of likely N-dealkylation sites (N-methyl/N-ethyl adjacent to an activating group) is 1. The van der Waals surface area contributed by atoms with E-state index in [1.807, 2.05) is 12.1 Å². The number of hydrogen-bond donors (Lipinski definition) is 1. The Kier molecular flexibility index (Phi) is 7.28. The minimum Gasteiger partial charge on any atom is -0.493 e. The second-order valence-electron chi connectivity index (χ2n) is 6.22. The van der Waals surface area contributed by atoms with E-state index in [4.69, 9.17) is 9.47 Å². The Hall–Kier alpha value is -2.74. The fourth-order valence-electron chi connectivity index (χ4n) is 2.42. The highest BCUT2D eigenvalue weighted by molar-refractivity contribution is 5.94. The van der Waals surface area contributed by atoms with Gasteiger partial charge in [-0.25, -0.2) is 0 Å². The highest BCUT2D eigenvalue weighted by Crippen LogP contribution is 2.30. The number of nitrogens with zero attached hydrogens (tertiary/aromatic N) is 1. The molecular formula is C20H23F3N2O3. The molecule has 1 unspecified atom stereocenters. The zero-order valence-corrected chi connectivity index (χ0v) is 15.9. The average Bonchev–Trinajstić information content (AvgIpc) is 2.67. The molecule has 1 N–H and O–H groups in total. The summed E-state index contributed by atoms with van der Waals surface area (Å²) in [7, 11) is 3.32. The number of amides is 1. The number of benzene rings is 2. The number of alkyl halides is 3. The summed E-state index contributed by atoms with van der Waals surface area (Å²) < 4.78 is 48.7. The third kappa shape index (κ3) is 5.88. The van der Waals surface area contributed by atoms with Gasteiger partial charge in [0.1, 0.15) is 6.61 Å². The third-order valence-corrected chi connectivity index (χ3v) is 4.29. The van der Waals surface area contributed by atoms with Gasteiger partial charge in [-0.2, -0.15) is 13.2 Å². The van der Waals surface area contributed by atoms with E-state index in [1.54, 1.807) is 38.1 Å². The number of methoxy groups -OCH3 is 1. The van der Waals surface area contributed by atoms with Gasteiger partial charge in [-0.1, -0.05) is 12.1 Å². The number of ether oxygens (including phenoxy) is 2. The van der Waals surface area contributed by atoms with Crippen LogP contribution >= 0.6 is 0 Å². The Morgan fingerprint density at radius 1 is 1.11 bits per heavy atom. The molecule has 2 aromatic carbocycles. The van der Waals surface area contributed by atoms with Crippen LogP contribution in [0, 0.1) is 0 Å². The van der Waals surface area contributed by atoms with Crippen molar-refractivity contribution in [3.05, 3.63) is 54.1 Å². The number of carbonyl (C=O) groups is 1. The maximum Gasteiger partial charge on any atom is 0.416 e. The van der Waals surface area contributed by atoms with Crippen LogP contribution in [0.5, 0.6) is 11.5 Å². The van der Waals surface area contributed by atoms with E-state index in [0.717, 1.165) is 12.1 Å². The van der Waals surface area contributed by atoms with Gasteiger partial charge in [-0.15, -0.1) is 0 Å². The van der Waals surface area contributed by atoms with Crippen LogP contribution in [0.2, 0.25) is 0 Å². The Morgan fingerprint density at radius 2 is 1.71 bits per heavy atom. The monoisotopic (exact) mass is 396 g/mol. The first kappa shape index (κ1) is 21.6. The minimum atomic E-state index is -4.41. The number of anilines is 1. The van der Waals surface area contributed by atoms with Crippen LogP contribution in [0.25, 0.3) is 0 Å². The Bertz CT molecular complexity index is 779. The summed E-state index contributed by atoms with van der Waals surface area (Å²) in [5, 5.41) is 2.62. The lowest BCUT2D eigenvalue weighted by atomic mass is 10.2. The van der Waals surface area contributed by atoms with E-state index in [0.29, 0.717) is 30.3 Å². The Morgan fingerprint density at radius 3 is 2.29 bits per heavy atom. The van der Waals surface area contributed by atoms with Gasteiger partial charge < -0.3 is 14.8 Å². The maximum absolute atomic E-state index is 12.6. The molecule has 0 fully saturated rings. The number of para-hydroxylation sites is 2. The Labute approximate surface area is 162 Å². The van der Waals surface area contributed by atoms with Crippen molar-refractivity contribution in [3.63, 3.8) is 0 Å². The summed E-state index contributed by atoms with van der Waals surface area (Å²) in [4.78, 5) is 14.1. The molecule has 2 aromatic rings. The number of carbonyl (C=O) groups excluding carboxylic acids is 1. The number of halogens is 3. The van der Waals surface area contributed by atoms with Gasteiger partial charge >= 0.3 is 6.18 Å². The molecule has 0 aliphatic rings. The van der Waals surface area contributed by atoms with Crippen LogP contribution in [0.1, 0.15) is 12.5 Å². The van der Waals surface area contributed by atoms with Crippen LogP contribution in [0.3, 0.4) is 0 Å². The first-order valence-electron chi connectivity index (χ1n) is 8.66. The summed E-state index contributed by atoms with van der Waals surface area (Å²) in [6.45, 7) is 2.52. The van der Waals surface area contributed by atoms with Crippen molar-refractivity contribution in [2.75, 3.05) is 32.6 Å². The zero-order valence-electron chi connectivity index (χ0n) is 15.9. The molecule has 5 nitrogen and oxygen atoms in total. The van der Waals surface area contributed by atoms with E-state index in [2.05, 4.69) is 5.32 Å². The summed E-state index contributed by atoms with van der Waals surface area (Å²) >= 11 is 0. The molecule has 0 aliphatic heterocycles. The molecule has 0 radical (unpaired) electrons. The van der Waals surface area contributed by atoms with Crippen LogP contribution in [-0.2, 0) is 11.0 Å². The standard InChI is InChI=1S/C20H23F3N2O3/c1-14(19(26)24-16-10-8-15(9-11-16)20(21,22)23)25(2)12-13-28-18-7-5-4-6-17(18)27-3/h4-11,14H,12-13H2,1-3H3,(H,24,26). The zero-order chi connectivity index (χ0) is 20.7. The third-order valence-electron chi connectivity index (χ3n) is 4.29. The quantitative estimate of drug-likeness (QED) is 0.731. The molecule has 0 aliphatic carbocycles. The highest BCUT2D eigenvalue weighted by Gasteiger charge is 2.30. The predicted octanol–water partition coefficient (Wildman–Crippen LogP) is 4.05. The molecule has 0 bridgehead atoms. The fraction of sp³-hybridized carbons (Fsp3) is 0.350. The second kappa shape index (κ2) is 9.45. The van der Waals surface area contributed by atoms with Gasteiger partial charge in [0, 0.05) is 12.2 Å². The molecule has 1 amide bonds. The molecule has 0 saturated heterocycles. The molecule has 0 saturated carbocycles. The number of rotatable bonds is 8. The first-order chi connectivity index (χ1) is 13.2. The van der Waals surface area contributed by atoms with Crippen LogP contribution in [0.4, 0.5) is 18.9 Å². The van der Waals surface area contributed by atoms with Gasteiger partial charge in [0.05, 0.1) is 18.7 Å². The molecule has 1 atom stereocenters. The topological polar surface area (TPSA) is 50.8 Å². The van der Waals surface area contributed by atoms with E-state index >= 15 is 0 Å². The lowest BCUT2D eigenvalue weighted by Gasteiger charge is -2.24. The minimum absolute atomic E-state index is 0.309. The molecule has 0 heterocycles. The van der Waals surface area contributed by atoms with Crippen LogP contribution < -0.4 is 14.8 Å². The van der Waals surface area contributed by atoms with E-state index in [1.165, 1.54) is 12.1 Å². The lowest BCUT2D eigenvalue weighted by molar-refractivity contribution is -0.137. The van der Waals surface area contributed by atoms with Gasteiger partial charge in [0.2, 0.25) is 5.91 Å². The van der Waals surface area contributed by atoms with Crippen molar-refractivity contribution in [1.29, 1.82) is 0 Å². The summed E-state index contributed by atoms with van der Waals surface area (Å²) in [5.41, 5.74) is -0.451. The van der Waals surface area contributed by atoms with Crippen molar-refractivity contribution in [3.8, 4) is 11.5 Å². The first-order valence-corrected chi connectivity index (χ1v) is 8.66. The highest BCUT2D eigenvalue weighted by atomic mass is 19.4. The maximum atomic E-state index is 12.6. The fourth-order valence-corrected chi connectivity index (χ4v) is 2.42. The van der Waals surface area contributed by atoms with Gasteiger partial charge in [0.25, 0.3) is 0 Å². The van der Waals surface area contributed by atoms with E-state index < -0.39 is 17.8 Å². The SMILES string of the molecule is COc1ccccc1OCCN(C)C(C)C(=O)Nc1ccc(C(F)(F)F)cc1. The van der Waals surface area contributed by atoms with Gasteiger partial charge in [-0.3, -0.25) is 9.69 Å². The van der Waals surface area contributed by atoms with Crippen molar-refractivity contribution in [2.45, 2.75) is 19.1 Å². The summed E-state index contributed by atoms with van der Waals surface area (Å²) in [5.74, 6) is 0.915. The smallest absolute Gasteiger partial charge is 0.416 e. The van der Waals surface area contributed by atoms with Crippen molar-refractivity contribution in [2.24, 2.45) is 0 Å². The van der Waals surface area contributed by atoms with E-state index in [-0.39, 0.29) is 5.91 Å².